The molecular formula is C53H88O6. The van der Waals surface area contributed by atoms with E-state index in [-0.39, 0.29) is 31.1 Å². The molecule has 6 nitrogen and oxygen atoms in total. The molecule has 0 spiro atoms. The topological polar surface area (TPSA) is 78.9 Å². The van der Waals surface area contributed by atoms with Crippen LogP contribution in [0.4, 0.5) is 0 Å². The molecule has 1 unspecified atom stereocenters. The van der Waals surface area contributed by atoms with Crippen molar-refractivity contribution in [3.05, 3.63) is 85.1 Å². The van der Waals surface area contributed by atoms with E-state index in [4.69, 9.17) is 14.2 Å². The van der Waals surface area contributed by atoms with Gasteiger partial charge in [-0.05, 0) is 77.0 Å². The van der Waals surface area contributed by atoms with Crippen LogP contribution in [-0.4, -0.2) is 37.2 Å². The van der Waals surface area contributed by atoms with E-state index >= 15 is 0 Å². The average Bonchev–Trinajstić information content (AvgIpc) is 3.23. The van der Waals surface area contributed by atoms with Gasteiger partial charge in [0.1, 0.15) is 13.2 Å². The maximum absolute atomic E-state index is 12.5. The molecule has 336 valence electrons. The summed E-state index contributed by atoms with van der Waals surface area (Å²) in [6.45, 7) is 6.37. The van der Waals surface area contributed by atoms with Crippen LogP contribution in [0, 0.1) is 0 Å². The summed E-state index contributed by atoms with van der Waals surface area (Å²) in [4.78, 5) is 37.3. The second-order valence-corrected chi connectivity index (χ2v) is 15.6. The molecule has 0 aromatic carbocycles. The summed E-state index contributed by atoms with van der Waals surface area (Å²) >= 11 is 0. The number of ether oxygens (including phenoxy) is 3. The summed E-state index contributed by atoms with van der Waals surface area (Å²) in [6, 6.07) is 0. The largest absolute Gasteiger partial charge is 0.462 e. The Morgan fingerprint density at radius 1 is 0.356 bits per heavy atom. The number of carbonyl (C=O) groups excluding carboxylic acids is 3. The maximum Gasteiger partial charge on any atom is 0.306 e. The molecule has 0 saturated heterocycles. The molecule has 0 aliphatic carbocycles. The standard InChI is InChI=1S/C53H88O6/c1-4-7-10-13-16-17-18-19-20-21-22-23-24-25-26-27-28-29-30-31-32-33-34-35-36-37-38-41-43-46-52(55)58-49-50(59-53(56)47-44-40-15-12-9-6-3)48-57-51(54)45-42-39-14-11-8-5-2/h7,10,16-17,19-20,22-23,25-26,28-29,31-32,50H,4-6,8-9,11-15,18,21,24,27,30,33-49H2,1-3H3/b10-7-,17-16-,20-19-,23-22-,26-25-,29-28-,32-31-. The van der Waals surface area contributed by atoms with Gasteiger partial charge in [0, 0.05) is 19.3 Å². The van der Waals surface area contributed by atoms with Gasteiger partial charge in [0.25, 0.3) is 0 Å². The van der Waals surface area contributed by atoms with Gasteiger partial charge in [-0.1, -0.05) is 202 Å². The fraction of sp³-hybridized carbons (Fsp3) is 0.679. The Labute approximate surface area is 363 Å². The number of hydrogen-bond donors (Lipinski definition) is 0. The van der Waals surface area contributed by atoms with Crippen LogP contribution in [0.25, 0.3) is 0 Å². The SMILES string of the molecule is CC/C=C\C/C=C\C/C=C\C/C=C\C/C=C\C/C=C\C/C=C\CCCCCCCCCC(=O)OCC(COC(=O)CCCCCCCC)OC(=O)CCCCCCCC. The Hall–Kier alpha value is -3.41. The quantitative estimate of drug-likeness (QED) is 0.0264. The molecule has 0 saturated carbocycles. The first-order valence-corrected chi connectivity index (χ1v) is 24.1. The van der Waals surface area contributed by atoms with Crippen LogP contribution in [0.1, 0.15) is 213 Å². The predicted molar refractivity (Wildman–Crippen MR) is 251 cm³/mol. The molecular weight excluding hydrogens is 733 g/mol. The summed E-state index contributed by atoms with van der Waals surface area (Å²) < 4.78 is 16.5. The van der Waals surface area contributed by atoms with Gasteiger partial charge in [-0.25, -0.2) is 0 Å². The van der Waals surface area contributed by atoms with E-state index in [0.29, 0.717) is 19.3 Å². The Kier molecular flexibility index (Phi) is 44.5. The third kappa shape index (κ3) is 45.5. The van der Waals surface area contributed by atoms with Gasteiger partial charge >= 0.3 is 17.9 Å². The summed E-state index contributed by atoms with van der Waals surface area (Å²) in [5, 5.41) is 0. The van der Waals surface area contributed by atoms with E-state index in [1.807, 2.05) is 0 Å². The molecule has 0 radical (unpaired) electrons. The molecule has 0 aromatic rings. The summed E-state index contributed by atoms with van der Waals surface area (Å²) in [5.74, 6) is -0.918. The van der Waals surface area contributed by atoms with Crippen LogP contribution in [0.2, 0.25) is 0 Å². The number of allylic oxidation sites excluding steroid dienone is 14. The minimum atomic E-state index is -0.772. The monoisotopic (exact) mass is 821 g/mol. The molecule has 59 heavy (non-hydrogen) atoms. The Morgan fingerprint density at radius 2 is 0.661 bits per heavy atom. The highest BCUT2D eigenvalue weighted by Crippen LogP contribution is 2.13. The van der Waals surface area contributed by atoms with Crippen molar-refractivity contribution in [2.45, 2.75) is 219 Å². The molecule has 0 aliphatic heterocycles. The molecule has 1 atom stereocenters. The first kappa shape index (κ1) is 55.6. The lowest BCUT2D eigenvalue weighted by molar-refractivity contribution is -0.167. The molecule has 0 amide bonds. The van der Waals surface area contributed by atoms with Gasteiger partial charge in [0.15, 0.2) is 6.10 Å². The number of rotatable bonds is 42. The third-order valence-corrected chi connectivity index (χ3v) is 9.91. The van der Waals surface area contributed by atoms with Gasteiger partial charge in [-0.15, -0.1) is 0 Å². The van der Waals surface area contributed by atoms with Crippen molar-refractivity contribution in [2.75, 3.05) is 13.2 Å². The maximum atomic E-state index is 12.5. The molecule has 0 fully saturated rings. The van der Waals surface area contributed by atoms with Crippen molar-refractivity contribution in [1.82, 2.24) is 0 Å². The lowest BCUT2D eigenvalue weighted by atomic mass is 10.1. The molecule has 0 heterocycles. The number of unbranched alkanes of at least 4 members (excludes halogenated alkanes) is 17. The summed E-state index contributed by atoms with van der Waals surface area (Å²) in [5.41, 5.74) is 0. The molecule has 0 N–H and O–H groups in total. The molecule has 6 heteroatoms. The average molecular weight is 821 g/mol. The minimum absolute atomic E-state index is 0.0799. The fourth-order valence-corrected chi connectivity index (χ4v) is 6.30. The van der Waals surface area contributed by atoms with Gasteiger partial charge in [0.05, 0.1) is 0 Å². The van der Waals surface area contributed by atoms with Crippen LogP contribution in [-0.2, 0) is 28.6 Å². The van der Waals surface area contributed by atoms with Crippen LogP contribution >= 0.6 is 0 Å². The second kappa shape index (κ2) is 47.3. The zero-order chi connectivity index (χ0) is 43.0. The van der Waals surface area contributed by atoms with Crippen molar-refractivity contribution >= 4 is 17.9 Å². The van der Waals surface area contributed by atoms with Crippen LogP contribution in [0.5, 0.6) is 0 Å². The summed E-state index contributed by atoms with van der Waals surface area (Å²) in [6.07, 6.45) is 60.5. The van der Waals surface area contributed by atoms with Crippen LogP contribution in [0.15, 0.2) is 85.1 Å². The van der Waals surface area contributed by atoms with E-state index in [0.717, 1.165) is 109 Å². The Bertz CT molecular complexity index is 1170. The van der Waals surface area contributed by atoms with Crippen molar-refractivity contribution < 1.29 is 28.6 Å². The van der Waals surface area contributed by atoms with Gasteiger partial charge in [-0.2, -0.15) is 0 Å². The van der Waals surface area contributed by atoms with Crippen molar-refractivity contribution in [3.63, 3.8) is 0 Å². The smallest absolute Gasteiger partial charge is 0.306 e. The number of hydrogen-bond acceptors (Lipinski definition) is 6. The highest BCUT2D eigenvalue weighted by atomic mass is 16.6. The van der Waals surface area contributed by atoms with Crippen molar-refractivity contribution in [3.8, 4) is 0 Å². The first-order chi connectivity index (χ1) is 29.0. The normalized spacial score (nSPS) is 12.8. The van der Waals surface area contributed by atoms with Gasteiger partial charge in [0.2, 0.25) is 0 Å². The number of esters is 3. The molecule has 0 bridgehead atoms. The van der Waals surface area contributed by atoms with E-state index in [1.165, 1.54) is 64.2 Å². The fourth-order valence-electron chi connectivity index (χ4n) is 6.30. The van der Waals surface area contributed by atoms with Gasteiger partial charge < -0.3 is 14.2 Å². The lowest BCUT2D eigenvalue weighted by Crippen LogP contribution is -2.30. The predicted octanol–water partition coefficient (Wildman–Crippen LogP) is 15.6. The van der Waals surface area contributed by atoms with Crippen LogP contribution in [0.3, 0.4) is 0 Å². The minimum Gasteiger partial charge on any atom is -0.462 e. The van der Waals surface area contributed by atoms with E-state index in [9.17, 15) is 14.4 Å². The second-order valence-electron chi connectivity index (χ2n) is 15.6. The highest BCUT2D eigenvalue weighted by Gasteiger charge is 2.19. The summed E-state index contributed by atoms with van der Waals surface area (Å²) in [7, 11) is 0. The number of carbonyl (C=O) groups is 3. The van der Waals surface area contributed by atoms with Crippen molar-refractivity contribution in [1.29, 1.82) is 0 Å². The van der Waals surface area contributed by atoms with Crippen molar-refractivity contribution in [2.24, 2.45) is 0 Å². The molecule has 0 rings (SSSR count). The Balaban J connectivity index is 4.03. The van der Waals surface area contributed by atoms with E-state index < -0.39 is 6.10 Å². The molecule has 0 aromatic heterocycles. The lowest BCUT2D eigenvalue weighted by Gasteiger charge is -2.18. The third-order valence-electron chi connectivity index (χ3n) is 9.91. The Morgan fingerprint density at radius 3 is 1.03 bits per heavy atom. The zero-order valence-corrected chi connectivity index (χ0v) is 38.2. The van der Waals surface area contributed by atoms with E-state index in [1.54, 1.807) is 0 Å². The molecule has 0 aliphatic rings. The highest BCUT2D eigenvalue weighted by molar-refractivity contribution is 5.71. The van der Waals surface area contributed by atoms with Gasteiger partial charge in [-0.3, -0.25) is 14.4 Å². The van der Waals surface area contributed by atoms with E-state index in [2.05, 4.69) is 106 Å². The zero-order valence-electron chi connectivity index (χ0n) is 38.2. The van der Waals surface area contributed by atoms with Crippen LogP contribution < -0.4 is 0 Å². The first-order valence-electron chi connectivity index (χ1n) is 24.1.